The van der Waals surface area contributed by atoms with Gasteiger partial charge in [0.15, 0.2) is 15.6 Å². The van der Waals surface area contributed by atoms with E-state index in [0.717, 1.165) is 33.4 Å². The van der Waals surface area contributed by atoms with Gasteiger partial charge in [0.1, 0.15) is 5.25 Å². The van der Waals surface area contributed by atoms with Crippen LogP contribution in [-0.2, 0) is 9.84 Å². The third-order valence-corrected chi connectivity index (χ3v) is 9.20. The lowest BCUT2D eigenvalue weighted by atomic mass is 9.81. The molecule has 1 aliphatic rings. The van der Waals surface area contributed by atoms with Gasteiger partial charge in [0.05, 0.1) is 10.8 Å². The molecular weight excluding hydrogens is 452 g/mol. The molecule has 176 valence electrons. The predicted molar refractivity (Wildman–Crippen MR) is 140 cm³/mol. The van der Waals surface area contributed by atoms with Crippen LogP contribution < -0.4 is 0 Å². The molecule has 0 heterocycles. The maximum atomic E-state index is 14.2. The number of Topliss-reactive ketones (excluding diaryl/α,β-unsaturated/α-hetero) is 1. The SMILES string of the molecule is Cc1ccc(C(=O)[C@H]2[C@H](c3ccccc3)c3ccc(C)cc3[C@@H]2S(=O)(=O)c2ccc(C)cc2)cc1. The van der Waals surface area contributed by atoms with E-state index < -0.39 is 21.0 Å². The Bertz CT molecular complexity index is 1490. The van der Waals surface area contributed by atoms with Gasteiger partial charge in [0.2, 0.25) is 0 Å². The fraction of sp³-hybridized carbons (Fsp3) is 0.194. The van der Waals surface area contributed by atoms with E-state index in [2.05, 4.69) is 0 Å². The largest absolute Gasteiger partial charge is 0.294 e. The molecule has 3 atom stereocenters. The van der Waals surface area contributed by atoms with E-state index in [1.807, 2.05) is 106 Å². The summed E-state index contributed by atoms with van der Waals surface area (Å²) in [6.45, 7) is 5.86. The molecule has 0 amide bonds. The standard InChI is InChI=1S/C31H28O3S/c1-20-9-14-24(15-10-20)30(32)29-28(23-7-5-4-6-8-23)26-18-13-22(3)19-27(26)31(29)35(33,34)25-16-11-21(2)12-17-25/h4-19,28-29,31H,1-3H3/t28-,29-,31+/m1/s1. The number of benzene rings is 4. The fourth-order valence-electron chi connectivity index (χ4n) is 5.27. The highest BCUT2D eigenvalue weighted by Gasteiger charge is 2.51. The lowest BCUT2D eigenvalue weighted by molar-refractivity contribution is 0.0911. The molecule has 4 aromatic carbocycles. The van der Waals surface area contributed by atoms with Crippen LogP contribution in [0.15, 0.2) is 102 Å². The highest BCUT2D eigenvalue weighted by atomic mass is 32.2. The molecule has 4 heteroatoms. The molecule has 4 aromatic rings. The number of rotatable bonds is 5. The lowest BCUT2D eigenvalue weighted by Crippen LogP contribution is -2.28. The minimum absolute atomic E-state index is 0.145. The Morgan fingerprint density at radius 2 is 1.23 bits per heavy atom. The third-order valence-electron chi connectivity index (χ3n) is 7.05. The van der Waals surface area contributed by atoms with E-state index in [1.165, 1.54) is 0 Å². The van der Waals surface area contributed by atoms with E-state index in [0.29, 0.717) is 5.56 Å². The topological polar surface area (TPSA) is 51.2 Å². The van der Waals surface area contributed by atoms with Gasteiger partial charge in [-0.3, -0.25) is 4.79 Å². The van der Waals surface area contributed by atoms with Crippen LogP contribution in [0.4, 0.5) is 0 Å². The zero-order chi connectivity index (χ0) is 24.7. The highest BCUT2D eigenvalue weighted by molar-refractivity contribution is 7.91. The first-order valence-corrected chi connectivity index (χ1v) is 13.4. The van der Waals surface area contributed by atoms with E-state index in [9.17, 15) is 13.2 Å². The average molecular weight is 481 g/mol. The summed E-state index contributed by atoms with van der Waals surface area (Å²) in [6, 6.07) is 30.1. The first-order valence-electron chi connectivity index (χ1n) is 11.8. The van der Waals surface area contributed by atoms with Gasteiger partial charge in [-0.15, -0.1) is 0 Å². The van der Waals surface area contributed by atoms with Gasteiger partial charge in [-0.1, -0.05) is 102 Å². The molecule has 0 saturated heterocycles. The summed E-state index contributed by atoms with van der Waals surface area (Å²) >= 11 is 0. The number of fused-ring (bicyclic) bond motifs is 1. The van der Waals surface area contributed by atoms with Crippen LogP contribution in [0.2, 0.25) is 0 Å². The second kappa shape index (κ2) is 8.94. The number of sulfone groups is 1. The Morgan fingerprint density at radius 1 is 0.657 bits per heavy atom. The molecule has 3 nitrogen and oxygen atoms in total. The zero-order valence-electron chi connectivity index (χ0n) is 20.1. The molecule has 0 fully saturated rings. The van der Waals surface area contributed by atoms with E-state index >= 15 is 0 Å². The average Bonchev–Trinajstić information content (AvgIpc) is 3.20. The van der Waals surface area contributed by atoms with Crippen molar-refractivity contribution >= 4 is 15.6 Å². The Balaban J connectivity index is 1.76. The summed E-state index contributed by atoms with van der Waals surface area (Å²) in [7, 11) is -3.86. The monoisotopic (exact) mass is 480 g/mol. The Kier molecular flexibility index (Phi) is 5.94. The van der Waals surface area contributed by atoms with Crippen molar-refractivity contribution in [2.75, 3.05) is 0 Å². The molecule has 0 aromatic heterocycles. The van der Waals surface area contributed by atoms with Crippen molar-refractivity contribution in [2.24, 2.45) is 5.92 Å². The maximum absolute atomic E-state index is 14.2. The summed E-state index contributed by atoms with van der Waals surface area (Å²) in [6.07, 6.45) is 0. The van der Waals surface area contributed by atoms with Crippen LogP contribution in [0.5, 0.6) is 0 Å². The van der Waals surface area contributed by atoms with Gasteiger partial charge in [0.25, 0.3) is 0 Å². The first-order chi connectivity index (χ1) is 16.8. The molecule has 1 aliphatic carbocycles. The van der Waals surface area contributed by atoms with E-state index in [-0.39, 0.29) is 16.6 Å². The van der Waals surface area contributed by atoms with Crippen LogP contribution in [0.3, 0.4) is 0 Å². The number of ketones is 1. The van der Waals surface area contributed by atoms with Gasteiger partial charge in [-0.05, 0) is 49.6 Å². The lowest BCUT2D eigenvalue weighted by Gasteiger charge is -2.25. The molecule has 35 heavy (non-hydrogen) atoms. The van der Waals surface area contributed by atoms with Gasteiger partial charge in [0, 0.05) is 11.5 Å². The number of carbonyl (C=O) groups excluding carboxylic acids is 1. The summed E-state index contributed by atoms with van der Waals surface area (Å²) in [5, 5.41) is -0.973. The summed E-state index contributed by atoms with van der Waals surface area (Å²) in [5.74, 6) is -1.28. The van der Waals surface area contributed by atoms with Crippen molar-refractivity contribution in [1.82, 2.24) is 0 Å². The number of aryl methyl sites for hydroxylation is 3. The van der Waals surface area contributed by atoms with Gasteiger partial charge in [-0.25, -0.2) is 8.42 Å². The molecule has 0 radical (unpaired) electrons. The second-order valence-corrected chi connectivity index (χ2v) is 11.6. The van der Waals surface area contributed by atoms with Gasteiger partial charge in [-0.2, -0.15) is 0 Å². The van der Waals surface area contributed by atoms with Crippen molar-refractivity contribution in [3.05, 3.63) is 136 Å². The minimum atomic E-state index is -3.86. The summed E-state index contributed by atoms with van der Waals surface area (Å²) in [5.41, 5.74) is 6.14. The Labute approximate surface area is 207 Å². The smallest absolute Gasteiger partial charge is 0.186 e. The first kappa shape index (κ1) is 23.3. The molecule has 0 spiro atoms. The van der Waals surface area contributed by atoms with Crippen molar-refractivity contribution in [3.8, 4) is 0 Å². The number of hydrogen-bond acceptors (Lipinski definition) is 3. The van der Waals surface area contributed by atoms with Crippen LogP contribution in [0, 0.1) is 26.7 Å². The maximum Gasteiger partial charge on any atom is 0.186 e. The van der Waals surface area contributed by atoms with Crippen molar-refractivity contribution in [3.63, 3.8) is 0 Å². The van der Waals surface area contributed by atoms with Gasteiger partial charge >= 0.3 is 0 Å². The molecule has 0 bridgehead atoms. The highest BCUT2D eigenvalue weighted by Crippen LogP contribution is 2.54. The third kappa shape index (κ3) is 4.12. The Hall–Kier alpha value is -3.50. The zero-order valence-corrected chi connectivity index (χ0v) is 20.9. The van der Waals surface area contributed by atoms with E-state index in [1.54, 1.807) is 12.1 Å². The van der Waals surface area contributed by atoms with E-state index in [4.69, 9.17) is 0 Å². The van der Waals surface area contributed by atoms with Crippen molar-refractivity contribution in [1.29, 1.82) is 0 Å². The normalized spacial score (nSPS) is 19.3. The molecule has 0 aliphatic heterocycles. The van der Waals surface area contributed by atoms with Gasteiger partial charge < -0.3 is 0 Å². The quantitative estimate of drug-likeness (QED) is 0.296. The molecule has 0 unspecified atom stereocenters. The fourth-order valence-corrected chi connectivity index (χ4v) is 7.28. The molecule has 0 N–H and O–H groups in total. The van der Waals surface area contributed by atoms with Crippen LogP contribution >= 0.6 is 0 Å². The van der Waals surface area contributed by atoms with Crippen LogP contribution in [-0.4, -0.2) is 14.2 Å². The van der Waals surface area contributed by atoms with Crippen molar-refractivity contribution in [2.45, 2.75) is 36.8 Å². The predicted octanol–water partition coefficient (Wildman–Crippen LogP) is 6.77. The Morgan fingerprint density at radius 3 is 1.86 bits per heavy atom. The van der Waals surface area contributed by atoms with Crippen LogP contribution in [0.1, 0.15) is 54.9 Å². The molecular formula is C31H28O3S. The molecule has 5 rings (SSSR count). The molecule has 0 saturated carbocycles. The minimum Gasteiger partial charge on any atom is -0.294 e. The number of carbonyl (C=O) groups is 1. The summed E-state index contributed by atoms with van der Waals surface area (Å²) in [4.78, 5) is 14.4. The second-order valence-electron chi connectivity index (χ2n) is 9.56. The summed E-state index contributed by atoms with van der Waals surface area (Å²) < 4.78 is 28.5. The van der Waals surface area contributed by atoms with Crippen LogP contribution in [0.25, 0.3) is 0 Å². The van der Waals surface area contributed by atoms with Crippen molar-refractivity contribution < 1.29 is 13.2 Å². The number of hydrogen-bond donors (Lipinski definition) is 0.